The maximum absolute atomic E-state index is 5.85. The maximum Gasteiger partial charge on any atom is 0.0653 e. The van der Waals surface area contributed by atoms with E-state index >= 15 is 0 Å². The highest BCUT2D eigenvalue weighted by molar-refractivity contribution is 4.86. The third-order valence-electron chi connectivity index (χ3n) is 5.51. The smallest absolute Gasteiger partial charge is 0.0653 e. The average Bonchev–Trinajstić information content (AvgIpc) is 2.47. The largest absolute Gasteiger partial charge is 0.379 e. The third kappa shape index (κ3) is 6.16. The first-order valence-corrected chi connectivity index (χ1v) is 9.17. The lowest BCUT2D eigenvalue weighted by Crippen LogP contribution is -2.39. The van der Waals surface area contributed by atoms with Crippen LogP contribution in [0.15, 0.2) is 0 Å². The van der Waals surface area contributed by atoms with Crippen molar-refractivity contribution in [3.8, 4) is 0 Å². The molecule has 1 heteroatoms. The molecule has 0 amide bonds. The molecule has 0 bridgehead atoms. The van der Waals surface area contributed by atoms with Gasteiger partial charge in [0.05, 0.1) is 5.60 Å². The molecule has 0 aromatic carbocycles. The van der Waals surface area contributed by atoms with Crippen molar-refractivity contribution in [3.05, 3.63) is 0 Å². The highest BCUT2D eigenvalue weighted by Crippen LogP contribution is 2.40. The number of rotatable bonds is 10. The Bertz CT molecular complexity index is 228. The van der Waals surface area contributed by atoms with Crippen LogP contribution in [0, 0.1) is 11.8 Å². The lowest BCUT2D eigenvalue weighted by Gasteiger charge is -2.40. The van der Waals surface area contributed by atoms with Gasteiger partial charge in [-0.3, -0.25) is 0 Å². The van der Waals surface area contributed by atoms with E-state index in [0.717, 1.165) is 11.8 Å². The molecule has 1 aliphatic carbocycles. The van der Waals surface area contributed by atoms with Crippen molar-refractivity contribution >= 4 is 0 Å². The fraction of sp³-hybridized carbons (Fsp3) is 1.00. The van der Waals surface area contributed by atoms with Crippen molar-refractivity contribution in [3.63, 3.8) is 0 Å². The number of ether oxygens (including phenoxy) is 1. The molecule has 1 atom stereocenters. The van der Waals surface area contributed by atoms with Gasteiger partial charge in [-0.15, -0.1) is 0 Å². The second-order valence-electron chi connectivity index (χ2n) is 7.37. The van der Waals surface area contributed by atoms with Crippen LogP contribution in [0.25, 0.3) is 0 Å². The summed E-state index contributed by atoms with van der Waals surface area (Å²) in [5, 5.41) is 0. The summed E-state index contributed by atoms with van der Waals surface area (Å²) < 4.78 is 5.85. The van der Waals surface area contributed by atoms with Crippen molar-refractivity contribution < 1.29 is 4.74 Å². The number of hydrogen-bond acceptors (Lipinski definition) is 1. The van der Waals surface area contributed by atoms with Gasteiger partial charge >= 0.3 is 0 Å². The van der Waals surface area contributed by atoms with E-state index in [1.165, 1.54) is 77.0 Å². The summed E-state index contributed by atoms with van der Waals surface area (Å²) in [4.78, 5) is 0. The predicted octanol–water partition coefficient (Wildman–Crippen LogP) is 6.36. The topological polar surface area (TPSA) is 9.23 Å². The number of methoxy groups -OCH3 is 1. The molecule has 1 fully saturated rings. The van der Waals surface area contributed by atoms with Crippen LogP contribution in [-0.2, 0) is 4.74 Å². The summed E-state index contributed by atoms with van der Waals surface area (Å²) in [5.41, 5.74) is 0.0609. The lowest BCUT2D eigenvalue weighted by atomic mass is 9.71. The molecule has 120 valence electrons. The summed E-state index contributed by atoms with van der Waals surface area (Å²) in [6, 6.07) is 0. The Morgan fingerprint density at radius 2 is 1.55 bits per heavy atom. The second kappa shape index (κ2) is 9.82. The third-order valence-corrected chi connectivity index (χ3v) is 5.51. The molecule has 0 spiro atoms. The van der Waals surface area contributed by atoms with Crippen molar-refractivity contribution in [1.82, 2.24) is 0 Å². The summed E-state index contributed by atoms with van der Waals surface area (Å²) in [6.45, 7) is 6.91. The van der Waals surface area contributed by atoms with E-state index in [2.05, 4.69) is 20.8 Å². The Morgan fingerprint density at radius 3 is 2.15 bits per heavy atom. The van der Waals surface area contributed by atoms with Crippen molar-refractivity contribution in [2.45, 2.75) is 103 Å². The molecular formula is C19H38O. The van der Waals surface area contributed by atoms with Gasteiger partial charge in [0.25, 0.3) is 0 Å². The van der Waals surface area contributed by atoms with Gasteiger partial charge in [0.1, 0.15) is 0 Å². The molecule has 20 heavy (non-hydrogen) atoms. The molecule has 1 nitrogen and oxygen atoms in total. The van der Waals surface area contributed by atoms with E-state index in [1.54, 1.807) is 0 Å². The van der Waals surface area contributed by atoms with Crippen molar-refractivity contribution in [2.24, 2.45) is 11.8 Å². The van der Waals surface area contributed by atoms with Crippen LogP contribution in [0.4, 0.5) is 0 Å². The van der Waals surface area contributed by atoms with Crippen LogP contribution in [0.5, 0.6) is 0 Å². The Hall–Kier alpha value is -0.0400. The molecule has 0 heterocycles. The molecule has 0 aromatic heterocycles. The van der Waals surface area contributed by atoms with Crippen molar-refractivity contribution in [1.29, 1.82) is 0 Å². The molecular weight excluding hydrogens is 244 g/mol. The maximum atomic E-state index is 5.85. The normalized spacial score (nSPS) is 19.2. The fourth-order valence-corrected chi connectivity index (χ4v) is 3.98. The molecule has 0 saturated heterocycles. The van der Waals surface area contributed by atoms with Gasteiger partial charge in [0.15, 0.2) is 0 Å². The molecule has 1 unspecified atom stereocenters. The monoisotopic (exact) mass is 282 g/mol. The van der Waals surface area contributed by atoms with Gasteiger partial charge in [0.2, 0.25) is 0 Å². The zero-order valence-corrected chi connectivity index (χ0v) is 14.5. The van der Waals surface area contributed by atoms with E-state index in [-0.39, 0.29) is 5.60 Å². The minimum atomic E-state index is 0.0609. The van der Waals surface area contributed by atoms with Gasteiger partial charge in [-0.2, -0.15) is 0 Å². The summed E-state index contributed by atoms with van der Waals surface area (Å²) in [5.74, 6) is 1.67. The molecule has 0 N–H and O–H groups in total. The minimum Gasteiger partial charge on any atom is -0.379 e. The number of hydrogen-bond donors (Lipinski definition) is 0. The van der Waals surface area contributed by atoms with Gasteiger partial charge in [0, 0.05) is 7.11 Å². The van der Waals surface area contributed by atoms with Crippen LogP contribution >= 0.6 is 0 Å². The Balaban J connectivity index is 2.38. The fourth-order valence-electron chi connectivity index (χ4n) is 3.98. The highest BCUT2D eigenvalue weighted by atomic mass is 16.5. The summed E-state index contributed by atoms with van der Waals surface area (Å²) >= 11 is 0. The zero-order valence-electron chi connectivity index (χ0n) is 14.5. The predicted molar refractivity (Wildman–Crippen MR) is 89.1 cm³/mol. The Morgan fingerprint density at radius 1 is 0.950 bits per heavy atom. The SMILES string of the molecule is CCCCCCCCC(C1CCCCC1)C(C)(C)OC. The van der Waals surface area contributed by atoms with Gasteiger partial charge in [-0.05, 0) is 32.1 Å². The van der Waals surface area contributed by atoms with Crippen LogP contribution in [0.2, 0.25) is 0 Å². The van der Waals surface area contributed by atoms with E-state index < -0.39 is 0 Å². The lowest BCUT2D eigenvalue weighted by molar-refractivity contribution is -0.0588. The first-order valence-electron chi connectivity index (χ1n) is 9.17. The molecule has 0 aromatic rings. The molecule has 1 aliphatic rings. The second-order valence-corrected chi connectivity index (χ2v) is 7.37. The van der Waals surface area contributed by atoms with E-state index in [0.29, 0.717) is 0 Å². The van der Waals surface area contributed by atoms with Crippen LogP contribution in [0.1, 0.15) is 97.8 Å². The van der Waals surface area contributed by atoms with E-state index in [1.807, 2.05) is 7.11 Å². The van der Waals surface area contributed by atoms with E-state index in [4.69, 9.17) is 4.74 Å². The Labute approximate surface area is 127 Å². The van der Waals surface area contributed by atoms with Crippen molar-refractivity contribution in [2.75, 3.05) is 7.11 Å². The van der Waals surface area contributed by atoms with Crippen LogP contribution in [-0.4, -0.2) is 12.7 Å². The molecule has 1 rings (SSSR count). The first kappa shape index (κ1) is 18.0. The minimum absolute atomic E-state index is 0.0609. The van der Waals surface area contributed by atoms with Gasteiger partial charge in [-0.25, -0.2) is 0 Å². The highest BCUT2D eigenvalue weighted by Gasteiger charge is 2.35. The summed E-state index contributed by atoms with van der Waals surface area (Å²) in [6.07, 6.45) is 17.0. The van der Waals surface area contributed by atoms with E-state index in [9.17, 15) is 0 Å². The number of unbranched alkanes of at least 4 members (excludes halogenated alkanes) is 5. The van der Waals surface area contributed by atoms with Gasteiger partial charge in [-0.1, -0.05) is 77.6 Å². The molecule has 1 saturated carbocycles. The molecule has 0 radical (unpaired) electrons. The standard InChI is InChI=1S/C19H38O/c1-5-6-7-8-9-13-16-18(19(2,3)20-4)17-14-11-10-12-15-17/h17-18H,5-16H2,1-4H3. The quantitative estimate of drug-likeness (QED) is 0.424. The zero-order chi connectivity index (χ0) is 14.8. The molecule has 0 aliphatic heterocycles. The van der Waals surface area contributed by atoms with Gasteiger partial charge < -0.3 is 4.74 Å². The first-order chi connectivity index (χ1) is 9.61. The summed E-state index contributed by atoms with van der Waals surface area (Å²) in [7, 11) is 1.90. The average molecular weight is 283 g/mol. The van der Waals surface area contributed by atoms with Crippen LogP contribution < -0.4 is 0 Å². The Kier molecular flexibility index (Phi) is 8.84. The van der Waals surface area contributed by atoms with Crippen LogP contribution in [0.3, 0.4) is 0 Å².